The molecule has 0 atom stereocenters. The van der Waals surface area contributed by atoms with E-state index in [0.717, 1.165) is 0 Å². The Balaban J connectivity index is 0. The summed E-state index contributed by atoms with van der Waals surface area (Å²) in [5.41, 5.74) is 0. The van der Waals surface area contributed by atoms with Gasteiger partial charge in [0, 0.05) is 11.8 Å². The van der Waals surface area contributed by atoms with Crippen molar-refractivity contribution in [3.63, 3.8) is 0 Å². The molecule has 0 fully saturated rings. The van der Waals surface area contributed by atoms with Crippen molar-refractivity contribution in [2.24, 2.45) is 0 Å². The maximum atomic E-state index is 7.62. The zero-order valence-electron chi connectivity index (χ0n) is 4.48. The zero-order chi connectivity index (χ0) is 6.83. The van der Waals surface area contributed by atoms with Gasteiger partial charge in [0.1, 0.15) is 0 Å². The summed E-state index contributed by atoms with van der Waals surface area (Å²) in [6, 6.07) is 0. The summed E-state index contributed by atoms with van der Waals surface area (Å²) in [4.78, 5) is 0. The summed E-state index contributed by atoms with van der Waals surface area (Å²) >= 11 is 10.1. The minimum atomic E-state index is -0.125. The lowest BCUT2D eigenvalue weighted by Gasteiger charge is -1.70. The van der Waals surface area contributed by atoms with Gasteiger partial charge in [0.25, 0.3) is 0 Å². The van der Waals surface area contributed by atoms with Crippen LogP contribution in [0.25, 0.3) is 0 Å². The van der Waals surface area contributed by atoms with E-state index in [-0.39, 0.29) is 13.2 Å². The summed E-state index contributed by atoms with van der Waals surface area (Å²) in [6.07, 6.45) is 0. The van der Waals surface area contributed by atoms with Crippen LogP contribution in [0, 0.1) is 0 Å². The van der Waals surface area contributed by atoms with Crippen LogP contribution in [-0.4, -0.2) is 35.2 Å². The minimum absolute atomic E-state index is 0.125. The van der Waals surface area contributed by atoms with Crippen LogP contribution in [0.15, 0.2) is 0 Å². The van der Waals surface area contributed by atoms with Gasteiger partial charge in [-0.2, -0.15) is 0 Å². The van der Waals surface area contributed by atoms with Gasteiger partial charge in [-0.05, 0) is 0 Å². The van der Waals surface area contributed by atoms with Crippen LogP contribution in [0.1, 0.15) is 0 Å². The lowest BCUT2D eigenvalue weighted by Crippen LogP contribution is -1.85. The van der Waals surface area contributed by atoms with Crippen molar-refractivity contribution in [3.05, 3.63) is 0 Å². The SMILES string of the molecule is ClCCCl.OCCO. The van der Waals surface area contributed by atoms with Crippen molar-refractivity contribution in [1.29, 1.82) is 0 Å². The average molecular weight is 161 g/mol. The Morgan fingerprint density at radius 3 is 1.12 bits per heavy atom. The van der Waals surface area contributed by atoms with Gasteiger partial charge in [-0.1, -0.05) is 0 Å². The van der Waals surface area contributed by atoms with Crippen LogP contribution in [0.3, 0.4) is 0 Å². The second-order valence-electron chi connectivity index (χ2n) is 0.825. The van der Waals surface area contributed by atoms with Crippen molar-refractivity contribution < 1.29 is 10.2 Å². The largest absolute Gasteiger partial charge is 0.394 e. The molecule has 0 heterocycles. The highest BCUT2D eigenvalue weighted by molar-refractivity contribution is 6.25. The Morgan fingerprint density at radius 1 is 0.875 bits per heavy atom. The second kappa shape index (κ2) is 15.6. The fourth-order valence-corrected chi connectivity index (χ4v) is 0. The molecule has 0 aromatic rings. The predicted molar refractivity (Wildman–Crippen MR) is 35.6 cm³/mol. The van der Waals surface area contributed by atoms with E-state index in [9.17, 15) is 0 Å². The first kappa shape index (κ1) is 11.3. The lowest BCUT2D eigenvalue weighted by atomic mass is 10.8. The molecule has 52 valence electrons. The van der Waals surface area contributed by atoms with Crippen LogP contribution in [0.2, 0.25) is 0 Å². The van der Waals surface area contributed by atoms with Gasteiger partial charge in [0.15, 0.2) is 0 Å². The van der Waals surface area contributed by atoms with Gasteiger partial charge in [-0.25, -0.2) is 0 Å². The van der Waals surface area contributed by atoms with Crippen LogP contribution in [0.5, 0.6) is 0 Å². The van der Waals surface area contributed by atoms with Crippen molar-refractivity contribution in [3.8, 4) is 0 Å². The minimum Gasteiger partial charge on any atom is -0.394 e. The normalized spacial score (nSPS) is 7.50. The summed E-state index contributed by atoms with van der Waals surface area (Å²) in [7, 11) is 0. The number of alkyl halides is 2. The monoisotopic (exact) mass is 160 g/mol. The predicted octanol–water partition coefficient (Wildman–Crippen LogP) is 0.435. The van der Waals surface area contributed by atoms with Crippen molar-refractivity contribution >= 4 is 23.2 Å². The summed E-state index contributed by atoms with van der Waals surface area (Å²) < 4.78 is 0. The van der Waals surface area contributed by atoms with Crippen LogP contribution in [0.4, 0.5) is 0 Å². The van der Waals surface area contributed by atoms with Crippen LogP contribution in [-0.2, 0) is 0 Å². The Morgan fingerprint density at radius 2 is 1.12 bits per heavy atom. The molecule has 2 N–H and O–H groups in total. The van der Waals surface area contributed by atoms with Gasteiger partial charge in [0.05, 0.1) is 13.2 Å². The second-order valence-corrected chi connectivity index (χ2v) is 1.58. The third-order valence-corrected chi connectivity index (χ3v) is 0.743. The molecule has 0 unspecified atom stereocenters. The molecule has 0 radical (unpaired) electrons. The first-order valence-corrected chi connectivity index (χ1v) is 3.24. The Bertz CT molecular complexity index is 20.0. The van der Waals surface area contributed by atoms with Crippen LogP contribution >= 0.6 is 23.2 Å². The topological polar surface area (TPSA) is 40.5 Å². The maximum Gasteiger partial charge on any atom is 0.0662 e. The van der Waals surface area contributed by atoms with Crippen molar-refractivity contribution in [2.75, 3.05) is 25.0 Å². The Kier molecular flexibility index (Phi) is 22.1. The molecule has 0 rings (SSSR count). The summed E-state index contributed by atoms with van der Waals surface area (Å²) in [5.74, 6) is 1.11. The van der Waals surface area contributed by atoms with E-state index in [4.69, 9.17) is 33.4 Å². The molecule has 0 spiro atoms. The number of hydrogen-bond donors (Lipinski definition) is 2. The highest BCUT2D eigenvalue weighted by Crippen LogP contribution is 1.75. The quantitative estimate of drug-likeness (QED) is 0.576. The number of aliphatic hydroxyl groups is 2. The molecule has 0 bridgehead atoms. The van der Waals surface area contributed by atoms with Gasteiger partial charge in [-0.15, -0.1) is 23.2 Å². The van der Waals surface area contributed by atoms with Crippen molar-refractivity contribution in [1.82, 2.24) is 0 Å². The average Bonchev–Trinajstić information content (AvgIpc) is 1.88. The standard InChI is InChI=1S/C2H4Cl2.C2H6O2/c2*3-1-2-4/h1-2H2;3-4H,1-2H2. The molecule has 8 heavy (non-hydrogen) atoms. The molecule has 0 aromatic carbocycles. The van der Waals surface area contributed by atoms with E-state index in [1.807, 2.05) is 0 Å². The van der Waals surface area contributed by atoms with Gasteiger partial charge < -0.3 is 10.2 Å². The number of aliphatic hydroxyl groups excluding tert-OH is 2. The fourth-order valence-electron chi connectivity index (χ4n) is 0. The lowest BCUT2D eigenvalue weighted by molar-refractivity contribution is 0.186. The van der Waals surface area contributed by atoms with E-state index < -0.39 is 0 Å². The Labute approximate surface area is 59.0 Å². The number of rotatable bonds is 2. The molecular formula is C4H10Cl2O2. The molecule has 4 heteroatoms. The smallest absolute Gasteiger partial charge is 0.0662 e. The molecule has 0 aliphatic heterocycles. The zero-order valence-corrected chi connectivity index (χ0v) is 5.99. The van der Waals surface area contributed by atoms with Gasteiger partial charge in [0.2, 0.25) is 0 Å². The summed E-state index contributed by atoms with van der Waals surface area (Å²) in [6.45, 7) is -0.250. The van der Waals surface area contributed by atoms with Gasteiger partial charge >= 0.3 is 0 Å². The maximum absolute atomic E-state index is 7.62. The highest BCUT2D eigenvalue weighted by Gasteiger charge is 1.61. The van der Waals surface area contributed by atoms with E-state index in [0.29, 0.717) is 11.8 Å². The number of hydrogen-bond acceptors (Lipinski definition) is 2. The number of halogens is 2. The molecule has 0 saturated carbocycles. The van der Waals surface area contributed by atoms with E-state index >= 15 is 0 Å². The van der Waals surface area contributed by atoms with Crippen molar-refractivity contribution in [2.45, 2.75) is 0 Å². The van der Waals surface area contributed by atoms with E-state index in [2.05, 4.69) is 0 Å². The van der Waals surface area contributed by atoms with E-state index in [1.54, 1.807) is 0 Å². The highest BCUT2D eigenvalue weighted by atomic mass is 35.5. The molecule has 0 aliphatic carbocycles. The van der Waals surface area contributed by atoms with E-state index in [1.165, 1.54) is 0 Å². The third-order valence-electron chi connectivity index (χ3n) is 0.171. The summed E-state index contributed by atoms with van der Waals surface area (Å²) in [5, 5.41) is 15.2. The first-order valence-electron chi connectivity index (χ1n) is 2.17. The molecule has 0 aromatic heterocycles. The van der Waals surface area contributed by atoms with Gasteiger partial charge in [-0.3, -0.25) is 0 Å². The molecule has 0 saturated heterocycles. The fraction of sp³-hybridized carbons (Fsp3) is 1.00. The first-order chi connectivity index (χ1) is 3.83. The van der Waals surface area contributed by atoms with Crippen LogP contribution < -0.4 is 0 Å². The molecule has 2 nitrogen and oxygen atoms in total. The molecule has 0 amide bonds. The molecule has 0 aliphatic rings. The molecular weight excluding hydrogens is 151 g/mol. The third kappa shape index (κ3) is 31.5. The Hall–Kier alpha value is 0.500.